The minimum absolute atomic E-state index is 0.102. The Hall–Kier alpha value is -3.71. The summed E-state index contributed by atoms with van der Waals surface area (Å²) in [6.45, 7) is 3.07. The SMILES string of the molecule is Cc1noc(C)c1/C(=C\n1cnc(-c2cc(C(F)(F)F)nc(C(F)(F)F)c2)n1)C(N)=O. The Balaban J connectivity index is 2.10. The minimum Gasteiger partial charge on any atom is -0.366 e. The average molecular weight is 446 g/mol. The molecule has 164 valence electrons. The largest absolute Gasteiger partial charge is 0.433 e. The van der Waals surface area contributed by atoms with Gasteiger partial charge in [-0.05, 0) is 26.0 Å². The number of primary amides is 1. The van der Waals surface area contributed by atoms with Crippen LogP contribution in [0, 0.1) is 13.8 Å². The molecule has 3 rings (SSSR count). The first-order chi connectivity index (χ1) is 14.3. The van der Waals surface area contributed by atoms with E-state index in [9.17, 15) is 31.1 Å². The van der Waals surface area contributed by atoms with Gasteiger partial charge in [0.1, 0.15) is 23.5 Å². The van der Waals surface area contributed by atoms with Gasteiger partial charge in [0.2, 0.25) is 0 Å². The van der Waals surface area contributed by atoms with Crippen molar-refractivity contribution in [1.82, 2.24) is 24.9 Å². The summed E-state index contributed by atoms with van der Waals surface area (Å²) in [6.07, 6.45) is -8.17. The Labute approximate surface area is 169 Å². The Kier molecular flexibility index (Phi) is 5.33. The predicted octanol–water partition coefficient (Wildman–Crippen LogP) is 3.47. The number of alkyl halides is 6. The molecule has 0 aliphatic carbocycles. The fraction of sp³-hybridized carbons (Fsp3) is 0.235. The van der Waals surface area contributed by atoms with Gasteiger partial charge < -0.3 is 10.3 Å². The van der Waals surface area contributed by atoms with Gasteiger partial charge in [0.25, 0.3) is 5.91 Å². The summed E-state index contributed by atoms with van der Waals surface area (Å²) in [5, 5.41) is 7.52. The Morgan fingerprint density at radius 1 is 1.10 bits per heavy atom. The molecule has 0 bridgehead atoms. The number of nitrogens with two attached hydrogens (primary N) is 1. The number of hydrogen-bond donors (Lipinski definition) is 1. The van der Waals surface area contributed by atoms with Crippen molar-refractivity contribution in [2.45, 2.75) is 26.2 Å². The number of aromatic nitrogens is 5. The third kappa shape index (κ3) is 4.57. The third-order valence-corrected chi connectivity index (χ3v) is 4.00. The zero-order valence-electron chi connectivity index (χ0n) is 15.7. The molecule has 3 heterocycles. The van der Waals surface area contributed by atoms with Gasteiger partial charge in [-0.3, -0.25) is 4.79 Å². The highest BCUT2D eigenvalue weighted by Gasteiger charge is 2.39. The number of halogens is 6. The van der Waals surface area contributed by atoms with E-state index in [0.29, 0.717) is 17.8 Å². The number of carbonyl (C=O) groups excluding carboxylic acids is 1. The molecule has 0 radical (unpaired) electrons. The molecule has 0 saturated carbocycles. The Bertz CT molecular complexity index is 1120. The number of nitrogens with zero attached hydrogens (tertiary/aromatic N) is 5. The average Bonchev–Trinajstić information content (AvgIpc) is 3.24. The van der Waals surface area contributed by atoms with Crippen molar-refractivity contribution in [2.75, 3.05) is 0 Å². The number of amides is 1. The number of aryl methyl sites for hydroxylation is 2. The first-order valence-electron chi connectivity index (χ1n) is 8.30. The molecule has 0 aromatic carbocycles. The highest BCUT2D eigenvalue weighted by atomic mass is 19.4. The molecule has 14 heteroatoms. The molecule has 8 nitrogen and oxygen atoms in total. The maximum atomic E-state index is 13.0. The standard InChI is InChI=1S/C17H12F6N6O2/c1-7-13(8(2)31-28-7)10(14(24)30)5-29-6-25-15(27-29)9-3-11(16(18,19)20)26-12(4-9)17(21,22)23/h3-6H,1-2H3,(H2,24,30)/b10-5+. The molecular weight excluding hydrogens is 434 g/mol. The van der Waals surface area contributed by atoms with E-state index in [0.717, 1.165) is 17.2 Å². The van der Waals surface area contributed by atoms with Crippen LogP contribution < -0.4 is 5.73 Å². The molecule has 2 N–H and O–H groups in total. The molecule has 3 aromatic rings. The van der Waals surface area contributed by atoms with E-state index in [4.69, 9.17) is 10.3 Å². The van der Waals surface area contributed by atoms with Crippen molar-refractivity contribution < 1.29 is 35.7 Å². The van der Waals surface area contributed by atoms with Crippen LogP contribution in [0.5, 0.6) is 0 Å². The Morgan fingerprint density at radius 3 is 2.13 bits per heavy atom. The molecule has 3 aromatic heterocycles. The molecular formula is C17H12F6N6O2. The van der Waals surface area contributed by atoms with Gasteiger partial charge in [-0.1, -0.05) is 5.16 Å². The summed E-state index contributed by atoms with van der Waals surface area (Å²) in [4.78, 5) is 18.2. The van der Waals surface area contributed by atoms with Crippen LogP contribution in [0.25, 0.3) is 23.2 Å². The van der Waals surface area contributed by atoms with Crippen molar-refractivity contribution in [2.24, 2.45) is 5.73 Å². The second-order valence-corrected chi connectivity index (χ2v) is 6.28. The number of hydrogen-bond acceptors (Lipinski definition) is 6. The minimum atomic E-state index is -5.12. The fourth-order valence-electron chi connectivity index (χ4n) is 2.67. The van der Waals surface area contributed by atoms with Gasteiger partial charge >= 0.3 is 12.4 Å². The van der Waals surface area contributed by atoms with Gasteiger partial charge in [0.15, 0.2) is 5.82 Å². The number of rotatable bonds is 4. The number of pyridine rings is 1. The predicted molar refractivity (Wildman–Crippen MR) is 92.6 cm³/mol. The summed E-state index contributed by atoms with van der Waals surface area (Å²) in [5.41, 5.74) is 1.80. The van der Waals surface area contributed by atoms with E-state index in [1.165, 1.54) is 6.92 Å². The zero-order valence-corrected chi connectivity index (χ0v) is 15.7. The van der Waals surface area contributed by atoms with E-state index in [1.54, 1.807) is 6.92 Å². The zero-order chi connectivity index (χ0) is 23.1. The molecule has 0 aliphatic heterocycles. The molecule has 0 atom stereocenters. The van der Waals surface area contributed by atoms with Gasteiger partial charge in [-0.25, -0.2) is 14.6 Å². The van der Waals surface area contributed by atoms with Crippen LogP contribution in [0.15, 0.2) is 23.0 Å². The molecule has 1 amide bonds. The van der Waals surface area contributed by atoms with Gasteiger partial charge in [0, 0.05) is 11.8 Å². The molecule has 31 heavy (non-hydrogen) atoms. The smallest absolute Gasteiger partial charge is 0.366 e. The van der Waals surface area contributed by atoms with Crippen LogP contribution in [-0.2, 0) is 17.1 Å². The second kappa shape index (κ2) is 7.52. The maximum absolute atomic E-state index is 13.0. The molecule has 0 unspecified atom stereocenters. The van der Waals surface area contributed by atoms with E-state index >= 15 is 0 Å². The van der Waals surface area contributed by atoms with Crippen molar-refractivity contribution in [3.63, 3.8) is 0 Å². The number of carbonyl (C=O) groups is 1. The van der Waals surface area contributed by atoms with E-state index in [1.807, 2.05) is 0 Å². The van der Waals surface area contributed by atoms with E-state index < -0.39 is 41.0 Å². The highest BCUT2D eigenvalue weighted by Crippen LogP contribution is 2.35. The van der Waals surface area contributed by atoms with E-state index in [2.05, 4.69) is 20.2 Å². The van der Waals surface area contributed by atoms with E-state index in [-0.39, 0.29) is 16.9 Å². The van der Waals surface area contributed by atoms with Crippen LogP contribution in [0.1, 0.15) is 28.4 Å². The quantitative estimate of drug-likeness (QED) is 0.485. The molecule has 0 spiro atoms. The fourth-order valence-corrected chi connectivity index (χ4v) is 2.67. The van der Waals surface area contributed by atoms with Crippen LogP contribution >= 0.6 is 0 Å². The second-order valence-electron chi connectivity index (χ2n) is 6.28. The lowest BCUT2D eigenvalue weighted by Crippen LogP contribution is -2.15. The monoisotopic (exact) mass is 446 g/mol. The summed E-state index contributed by atoms with van der Waals surface area (Å²) >= 11 is 0. The first kappa shape index (κ1) is 22.0. The summed E-state index contributed by atoms with van der Waals surface area (Å²) in [7, 11) is 0. The van der Waals surface area contributed by atoms with Crippen molar-refractivity contribution in [3.8, 4) is 11.4 Å². The van der Waals surface area contributed by atoms with Crippen LogP contribution in [-0.4, -0.2) is 30.8 Å². The lowest BCUT2D eigenvalue weighted by molar-refractivity contribution is -0.150. The van der Waals surface area contributed by atoms with Crippen LogP contribution in [0.3, 0.4) is 0 Å². The maximum Gasteiger partial charge on any atom is 0.433 e. The van der Waals surface area contributed by atoms with Crippen LogP contribution in [0.2, 0.25) is 0 Å². The normalized spacial score (nSPS) is 13.0. The molecule has 0 saturated heterocycles. The summed E-state index contributed by atoms with van der Waals surface area (Å²) < 4.78 is 83.9. The third-order valence-electron chi connectivity index (χ3n) is 4.00. The topological polar surface area (TPSA) is 113 Å². The van der Waals surface area contributed by atoms with Crippen molar-refractivity contribution in [3.05, 3.63) is 46.9 Å². The summed E-state index contributed by atoms with van der Waals surface area (Å²) in [6, 6.07) is 0.782. The van der Waals surface area contributed by atoms with Gasteiger partial charge in [-0.2, -0.15) is 26.3 Å². The molecule has 0 aliphatic rings. The molecule has 0 fully saturated rings. The Morgan fingerprint density at radius 2 is 1.68 bits per heavy atom. The van der Waals surface area contributed by atoms with Crippen LogP contribution in [0.4, 0.5) is 26.3 Å². The highest BCUT2D eigenvalue weighted by molar-refractivity contribution is 6.22. The van der Waals surface area contributed by atoms with Gasteiger partial charge in [0.05, 0.1) is 16.8 Å². The first-order valence-corrected chi connectivity index (χ1v) is 8.30. The van der Waals surface area contributed by atoms with Crippen molar-refractivity contribution in [1.29, 1.82) is 0 Å². The lowest BCUT2D eigenvalue weighted by Gasteiger charge is -2.11. The summed E-state index contributed by atoms with van der Waals surface area (Å²) in [5.74, 6) is -1.09. The van der Waals surface area contributed by atoms with Gasteiger partial charge in [-0.15, -0.1) is 5.10 Å². The van der Waals surface area contributed by atoms with Crippen molar-refractivity contribution >= 4 is 17.7 Å². The lowest BCUT2D eigenvalue weighted by atomic mass is 10.1.